The molecule has 0 saturated heterocycles. The Morgan fingerprint density at radius 3 is 2.38 bits per heavy atom. The van der Waals surface area contributed by atoms with Crippen LogP contribution in [-0.4, -0.2) is 0 Å². The second kappa shape index (κ2) is 5.92. The summed E-state index contributed by atoms with van der Waals surface area (Å²) >= 11 is 0. The van der Waals surface area contributed by atoms with Crippen LogP contribution in [0.25, 0.3) is 24.3 Å². The summed E-state index contributed by atoms with van der Waals surface area (Å²) in [6.45, 7) is 11.7. The number of benzene rings is 1. The first kappa shape index (κ1) is 12.3. The van der Waals surface area contributed by atoms with E-state index in [0.717, 1.165) is 5.56 Å². The average Bonchev–Trinajstić information content (AvgIpc) is 2.30. The highest BCUT2D eigenvalue weighted by molar-refractivity contribution is 5.66. The van der Waals surface area contributed by atoms with E-state index in [1.54, 1.807) is 0 Å². The minimum absolute atomic E-state index is 1.16. The topological polar surface area (TPSA) is 0 Å². The maximum absolute atomic E-state index is 3.85. The zero-order valence-electron chi connectivity index (χ0n) is 10.0. The molecule has 0 aliphatic rings. The van der Waals surface area contributed by atoms with Crippen LogP contribution in [0, 0.1) is 0 Å². The third-order valence-electron chi connectivity index (χ3n) is 2.49. The quantitative estimate of drug-likeness (QED) is 0.719. The van der Waals surface area contributed by atoms with Gasteiger partial charge in [0.1, 0.15) is 0 Å². The van der Waals surface area contributed by atoms with Crippen molar-refractivity contribution in [3.63, 3.8) is 0 Å². The lowest BCUT2D eigenvalue weighted by Gasteiger charge is -2.03. The number of hydrogen-bond acceptors (Lipinski definition) is 0. The van der Waals surface area contributed by atoms with Crippen molar-refractivity contribution < 1.29 is 0 Å². The van der Waals surface area contributed by atoms with Gasteiger partial charge >= 0.3 is 0 Å². The fourth-order valence-electron chi connectivity index (χ4n) is 1.80. The Labute approximate surface area is 97.6 Å². The molecule has 0 heteroatoms. The van der Waals surface area contributed by atoms with Crippen LogP contribution in [0.4, 0.5) is 0 Å². The summed E-state index contributed by atoms with van der Waals surface area (Å²) in [6, 6.07) is 4.19. The average molecular weight is 210 g/mol. The minimum Gasteiger partial charge on any atom is -0.0990 e. The summed E-state index contributed by atoms with van der Waals surface area (Å²) in [6.07, 6.45) is 12.0. The van der Waals surface area contributed by atoms with E-state index in [9.17, 15) is 0 Å². The van der Waals surface area contributed by atoms with Crippen LogP contribution < -0.4 is 10.4 Å². The van der Waals surface area contributed by atoms with Gasteiger partial charge in [0.2, 0.25) is 0 Å². The van der Waals surface area contributed by atoms with E-state index < -0.39 is 0 Å². The Balaban J connectivity index is 3.77. The van der Waals surface area contributed by atoms with Crippen molar-refractivity contribution in [1.82, 2.24) is 0 Å². The number of allylic oxidation sites excluding steroid dienone is 2. The second-order valence-electron chi connectivity index (χ2n) is 3.47. The maximum Gasteiger partial charge on any atom is -0.0112 e. The molecule has 1 aromatic rings. The van der Waals surface area contributed by atoms with E-state index in [-0.39, 0.29) is 0 Å². The molecule has 0 nitrogen and oxygen atoms in total. The maximum atomic E-state index is 3.85. The molecule has 0 heterocycles. The Kier molecular flexibility index (Phi) is 4.53. The lowest BCUT2D eigenvalue weighted by Crippen LogP contribution is -2.27. The Hall–Kier alpha value is -1.82. The van der Waals surface area contributed by atoms with Gasteiger partial charge in [-0.15, -0.1) is 0 Å². The van der Waals surface area contributed by atoms with Gasteiger partial charge in [0.25, 0.3) is 0 Å². The van der Waals surface area contributed by atoms with Crippen molar-refractivity contribution in [3.05, 3.63) is 59.0 Å². The molecule has 82 valence electrons. The molecule has 0 aromatic heterocycles. The van der Waals surface area contributed by atoms with E-state index in [1.807, 2.05) is 31.2 Å². The fourth-order valence-corrected chi connectivity index (χ4v) is 1.80. The summed E-state index contributed by atoms with van der Waals surface area (Å²) in [5.74, 6) is 0. The lowest BCUT2D eigenvalue weighted by molar-refractivity contribution is 1.45. The zero-order valence-corrected chi connectivity index (χ0v) is 10.0. The minimum atomic E-state index is 1.16. The SMILES string of the molecule is C=C/C=c1/ccc(C=C)c(/C=C\C)/c1=C/C. The standard InChI is InChI=1S/C16H18/c1-5-9-14-12-11-13(7-3)16(10-6-2)15(14)8-4/h5-12H,1,3H2,2,4H3/b10-6-,14-9-,15-8+. The smallest absolute Gasteiger partial charge is 0.0112 e. The third-order valence-corrected chi connectivity index (χ3v) is 2.49. The second-order valence-corrected chi connectivity index (χ2v) is 3.47. The zero-order chi connectivity index (χ0) is 12.0. The molecule has 0 spiro atoms. The largest absolute Gasteiger partial charge is 0.0990 e. The molecule has 0 fully saturated rings. The van der Waals surface area contributed by atoms with Gasteiger partial charge in [0.05, 0.1) is 0 Å². The van der Waals surface area contributed by atoms with Crippen LogP contribution in [0.3, 0.4) is 0 Å². The summed E-state index contributed by atoms with van der Waals surface area (Å²) in [4.78, 5) is 0. The highest BCUT2D eigenvalue weighted by Crippen LogP contribution is 2.05. The molecular formula is C16H18. The molecule has 0 aliphatic heterocycles. The fraction of sp³-hybridized carbons (Fsp3) is 0.125. The van der Waals surface area contributed by atoms with Gasteiger partial charge in [-0.25, -0.2) is 0 Å². The number of hydrogen-bond donors (Lipinski definition) is 0. The molecule has 0 N–H and O–H groups in total. The molecule has 1 aromatic carbocycles. The predicted molar refractivity (Wildman–Crippen MR) is 75.3 cm³/mol. The highest BCUT2D eigenvalue weighted by Gasteiger charge is 1.97. The van der Waals surface area contributed by atoms with Crippen LogP contribution in [0.15, 0.2) is 37.4 Å². The van der Waals surface area contributed by atoms with Crippen LogP contribution in [0.2, 0.25) is 0 Å². The monoisotopic (exact) mass is 210 g/mol. The lowest BCUT2D eigenvalue weighted by atomic mass is 10.0. The van der Waals surface area contributed by atoms with Crippen LogP contribution >= 0.6 is 0 Å². The van der Waals surface area contributed by atoms with Crippen LogP contribution in [-0.2, 0) is 0 Å². The van der Waals surface area contributed by atoms with Crippen LogP contribution in [0.1, 0.15) is 25.0 Å². The first-order valence-corrected chi connectivity index (χ1v) is 5.45. The van der Waals surface area contributed by atoms with E-state index in [1.165, 1.54) is 16.0 Å². The predicted octanol–water partition coefficient (Wildman–Crippen LogP) is 3.13. The van der Waals surface area contributed by atoms with Crippen molar-refractivity contribution in [2.24, 2.45) is 0 Å². The summed E-state index contributed by atoms with van der Waals surface area (Å²) < 4.78 is 0. The Morgan fingerprint density at radius 1 is 1.12 bits per heavy atom. The van der Waals surface area contributed by atoms with Crippen molar-refractivity contribution in [2.75, 3.05) is 0 Å². The molecule has 1 rings (SSSR count). The molecule has 0 amide bonds. The Morgan fingerprint density at radius 2 is 1.88 bits per heavy atom. The van der Waals surface area contributed by atoms with Gasteiger partial charge < -0.3 is 0 Å². The van der Waals surface area contributed by atoms with Crippen molar-refractivity contribution in [1.29, 1.82) is 0 Å². The first-order valence-electron chi connectivity index (χ1n) is 5.45. The van der Waals surface area contributed by atoms with E-state index in [2.05, 4.69) is 44.4 Å². The number of rotatable bonds is 3. The van der Waals surface area contributed by atoms with Crippen molar-refractivity contribution >= 4 is 24.3 Å². The Bertz CT molecular complexity index is 528. The van der Waals surface area contributed by atoms with Crippen LogP contribution in [0.5, 0.6) is 0 Å². The molecule has 16 heavy (non-hydrogen) atoms. The van der Waals surface area contributed by atoms with Gasteiger partial charge in [0.15, 0.2) is 0 Å². The summed E-state index contributed by atoms with van der Waals surface area (Å²) in [7, 11) is 0. The highest BCUT2D eigenvalue weighted by atomic mass is 14.0. The van der Waals surface area contributed by atoms with Gasteiger partial charge in [-0.1, -0.05) is 61.7 Å². The molecular weight excluding hydrogens is 192 g/mol. The normalized spacial score (nSPS) is 13.4. The van der Waals surface area contributed by atoms with Gasteiger partial charge in [-0.2, -0.15) is 0 Å². The molecule has 0 saturated carbocycles. The molecule has 0 bridgehead atoms. The first-order chi connectivity index (χ1) is 7.78. The van der Waals surface area contributed by atoms with E-state index in [4.69, 9.17) is 0 Å². The molecule has 0 unspecified atom stereocenters. The van der Waals surface area contributed by atoms with Gasteiger partial charge in [-0.05, 0) is 35.4 Å². The van der Waals surface area contributed by atoms with Gasteiger partial charge in [-0.3, -0.25) is 0 Å². The molecule has 0 radical (unpaired) electrons. The summed E-state index contributed by atoms with van der Waals surface area (Å²) in [5, 5.41) is 2.42. The third kappa shape index (κ3) is 2.40. The summed E-state index contributed by atoms with van der Waals surface area (Å²) in [5.41, 5.74) is 2.38. The molecule has 0 atom stereocenters. The van der Waals surface area contributed by atoms with Crippen molar-refractivity contribution in [3.8, 4) is 0 Å². The van der Waals surface area contributed by atoms with Crippen molar-refractivity contribution in [2.45, 2.75) is 13.8 Å². The van der Waals surface area contributed by atoms with E-state index in [0.29, 0.717) is 0 Å². The van der Waals surface area contributed by atoms with Gasteiger partial charge in [0, 0.05) is 0 Å². The van der Waals surface area contributed by atoms with E-state index >= 15 is 0 Å². The molecule has 0 aliphatic carbocycles.